The van der Waals surface area contributed by atoms with Crippen LogP contribution in [0.2, 0.25) is 10.0 Å². The molecule has 0 bridgehead atoms. The minimum Gasteiger partial charge on any atom is -0.467 e. The Kier molecular flexibility index (Phi) is 4.15. The highest BCUT2D eigenvalue weighted by molar-refractivity contribution is 6.35. The Morgan fingerprint density at radius 3 is 2.75 bits per heavy atom. The molecule has 0 fully saturated rings. The Hall–Kier alpha value is -1.71. The molecule has 2 heterocycles. The molecule has 0 unspecified atom stereocenters. The van der Waals surface area contributed by atoms with Gasteiger partial charge in [-0.25, -0.2) is 0 Å². The van der Waals surface area contributed by atoms with Crippen LogP contribution in [-0.2, 0) is 0 Å². The number of benzene rings is 2. The predicted molar refractivity (Wildman–Crippen MR) is 98.0 cm³/mol. The van der Waals surface area contributed by atoms with Crippen molar-refractivity contribution in [3.63, 3.8) is 0 Å². The van der Waals surface area contributed by atoms with E-state index in [0.717, 1.165) is 41.9 Å². The van der Waals surface area contributed by atoms with Crippen LogP contribution in [0.25, 0.3) is 0 Å². The number of ether oxygens (including phenoxy) is 1. The van der Waals surface area contributed by atoms with Crippen LogP contribution in [0.1, 0.15) is 43.4 Å². The largest absolute Gasteiger partial charge is 0.467 e. The molecule has 0 N–H and O–H groups in total. The van der Waals surface area contributed by atoms with Gasteiger partial charge < -0.3 is 4.74 Å². The smallest absolute Gasteiger partial charge is 0.187 e. The fourth-order valence-corrected chi connectivity index (χ4v) is 3.98. The monoisotopic (exact) mass is 360 g/mol. The highest BCUT2D eigenvalue weighted by Crippen LogP contribution is 2.47. The summed E-state index contributed by atoms with van der Waals surface area (Å²) in [6, 6.07) is 14.1. The topological polar surface area (TPSA) is 24.8 Å². The molecule has 124 valence electrons. The molecule has 0 aromatic heterocycles. The zero-order valence-electron chi connectivity index (χ0n) is 13.4. The van der Waals surface area contributed by atoms with Crippen LogP contribution in [0.3, 0.4) is 0 Å². The molecule has 4 rings (SSSR count). The van der Waals surface area contributed by atoms with Crippen LogP contribution < -0.4 is 4.74 Å². The minimum absolute atomic E-state index is 0.0904. The van der Waals surface area contributed by atoms with Crippen molar-refractivity contribution in [1.29, 1.82) is 0 Å². The summed E-state index contributed by atoms with van der Waals surface area (Å²) in [4.78, 5) is 0. The normalized spacial score (nSPS) is 21.8. The van der Waals surface area contributed by atoms with Gasteiger partial charge in [-0.2, -0.15) is 5.10 Å². The van der Waals surface area contributed by atoms with Crippen molar-refractivity contribution in [3.8, 4) is 5.75 Å². The zero-order chi connectivity index (χ0) is 16.7. The van der Waals surface area contributed by atoms with Crippen LogP contribution in [0.5, 0.6) is 5.75 Å². The maximum absolute atomic E-state index is 6.39. The van der Waals surface area contributed by atoms with E-state index in [9.17, 15) is 0 Å². The van der Waals surface area contributed by atoms with Gasteiger partial charge in [0.25, 0.3) is 0 Å². The summed E-state index contributed by atoms with van der Waals surface area (Å²) in [6.07, 6.45) is 2.66. The third kappa shape index (κ3) is 2.66. The van der Waals surface area contributed by atoms with Gasteiger partial charge in [0.1, 0.15) is 5.75 Å². The van der Waals surface area contributed by atoms with Gasteiger partial charge in [-0.3, -0.25) is 5.01 Å². The Morgan fingerprint density at radius 1 is 1.21 bits per heavy atom. The first-order valence-electron chi connectivity index (χ1n) is 8.24. The van der Waals surface area contributed by atoms with Crippen LogP contribution in [0, 0.1) is 0 Å². The lowest BCUT2D eigenvalue weighted by Crippen LogP contribution is -2.40. The standard InChI is InChI=1S/C19H18Cl2N2O/c1-2-6-18-23-17(11-16(22-23)12-7-4-3-5-8-12)14-9-13(20)10-15(21)19(14)24-18/h3-5,7-10,17-18H,2,6,11H2,1H3/t17-,18-/m0/s1. The Balaban J connectivity index is 1.77. The molecule has 3 nitrogen and oxygen atoms in total. The highest BCUT2D eigenvalue weighted by Gasteiger charge is 2.40. The number of hydrazone groups is 1. The highest BCUT2D eigenvalue weighted by atomic mass is 35.5. The van der Waals surface area contributed by atoms with E-state index in [4.69, 9.17) is 33.0 Å². The molecular formula is C19H18Cl2N2O. The maximum atomic E-state index is 6.39. The van der Waals surface area contributed by atoms with E-state index < -0.39 is 0 Å². The predicted octanol–water partition coefficient (Wildman–Crippen LogP) is 5.66. The van der Waals surface area contributed by atoms with Crippen molar-refractivity contribution >= 4 is 28.9 Å². The van der Waals surface area contributed by atoms with E-state index in [1.54, 1.807) is 6.07 Å². The van der Waals surface area contributed by atoms with E-state index in [0.29, 0.717) is 10.0 Å². The first kappa shape index (κ1) is 15.8. The quantitative estimate of drug-likeness (QED) is 0.704. The average Bonchev–Trinajstić information content (AvgIpc) is 3.03. The van der Waals surface area contributed by atoms with E-state index in [-0.39, 0.29) is 12.3 Å². The lowest BCUT2D eigenvalue weighted by atomic mass is 9.96. The Morgan fingerprint density at radius 2 is 2.00 bits per heavy atom. The molecule has 2 aliphatic heterocycles. The minimum atomic E-state index is -0.0904. The number of hydrogen-bond acceptors (Lipinski definition) is 3. The third-order valence-electron chi connectivity index (χ3n) is 4.53. The van der Waals surface area contributed by atoms with Crippen LogP contribution in [0.4, 0.5) is 0 Å². The second-order valence-electron chi connectivity index (χ2n) is 6.18. The van der Waals surface area contributed by atoms with E-state index in [1.807, 2.05) is 24.3 Å². The van der Waals surface area contributed by atoms with Gasteiger partial charge in [-0.15, -0.1) is 0 Å². The molecule has 0 saturated heterocycles. The van der Waals surface area contributed by atoms with Gasteiger partial charge in [-0.1, -0.05) is 66.9 Å². The van der Waals surface area contributed by atoms with E-state index in [1.165, 1.54) is 0 Å². The van der Waals surface area contributed by atoms with E-state index in [2.05, 4.69) is 24.1 Å². The maximum Gasteiger partial charge on any atom is 0.187 e. The zero-order valence-corrected chi connectivity index (χ0v) is 14.9. The van der Waals surface area contributed by atoms with Gasteiger partial charge in [0.2, 0.25) is 0 Å². The second kappa shape index (κ2) is 6.30. The summed E-state index contributed by atoms with van der Waals surface area (Å²) in [6.45, 7) is 2.15. The van der Waals surface area contributed by atoms with Crippen molar-refractivity contribution in [2.75, 3.05) is 0 Å². The molecule has 2 atom stereocenters. The van der Waals surface area contributed by atoms with Crippen LogP contribution in [0.15, 0.2) is 47.6 Å². The Bertz CT molecular complexity index is 791. The third-order valence-corrected chi connectivity index (χ3v) is 5.03. The van der Waals surface area contributed by atoms with Gasteiger partial charge in [-0.05, 0) is 17.7 Å². The molecule has 0 amide bonds. The summed E-state index contributed by atoms with van der Waals surface area (Å²) in [5.74, 6) is 0.755. The fraction of sp³-hybridized carbons (Fsp3) is 0.316. The molecule has 2 aromatic carbocycles. The first-order valence-corrected chi connectivity index (χ1v) is 8.99. The summed E-state index contributed by atoms with van der Waals surface area (Å²) >= 11 is 12.6. The van der Waals surface area contributed by atoms with Crippen molar-refractivity contribution in [2.24, 2.45) is 5.10 Å². The second-order valence-corrected chi connectivity index (χ2v) is 7.02. The number of hydrogen-bond donors (Lipinski definition) is 0. The van der Waals surface area contributed by atoms with E-state index >= 15 is 0 Å². The molecule has 2 aliphatic rings. The lowest BCUT2D eigenvalue weighted by Gasteiger charge is -2.38. The van der Waals surface area contributed by atoms with Gasteiger partial charge in [0.05, 0.1) is 16.8 Å². The molecule has 0 radical (unpaired) electrons. The summed E-state index contributed by atoms with van der Waals surface area (Å²) in [5, 5.41) is 8.17. The average molecular weight is 361 g/mol. The number of fused-ring (bicyclic) bond motifs is 3. The van der Waals surface area contributed by atoms with Crippen molar-refractivity contribution in [2.45, 2.75) is 38.5 Å². The molecular weight excluding hydrogens is 343 g/mol. The lowest BCUT2D eigenvalue weighted by molar-refractivity contribution is -0.0222. The van der Waals surface area contributed by atoms with Crippen molar-refractivity contribution < 1.29 is 4.74 Å². The molecule has 5 heteroatoms. The fourth-order valence-electron chi connectivity index (χ4n) is 3.43. The van der Waals surface area contributed by atoms with Gasteiger partial charge in [0.15, 0.2) is 6.23 Å². The summed E-state index contributed by atoms with van der Waals surface area (Å²) in [5.41, 5.74) is 3.25. The molecule has 0 spiro atoms. The number of halogens is 2. The summed E-state index contributed by atoms with van der Waals surface area (Å²) < 4.78 is 6.18. The van der Waals surface area contributed by atoms with Crippen LogP contribution >= 0.6 is 23.2 Å². The van der Waals surface area contributed by atoms with Gasteiger partial charge >= 0.3 is 0 Å². The summed E-state index contributed by atoms with van der Waals surface area (Å²) in [7, 11) is 0. The molecule has 2 aromatic rings. The number of rotatable bonds is 3. The van der Waals surface area contributed by atoms with Crippen molar-refractivity contribution in [3.05, 3.63) is 63.6 Å². The molecule has 0 saturated carbocycles. The van der Waals surface area contributed by atoms with Crippen molar-refractivity contribution in [1.82, 2.24) is 5.01 Å². The molecule has 0 aliphatic carbocycles. The Labute approximate surface area is 151 Å². The SMILES string of the molecule is CCC[C@@H]1Oc2c(Cl)cc(Cl)cc2[C@@H]2CC(c3ccccc3)=NN12. The number of nitrogens with zero attached hydrogens (tertiary/aromatic N) is 2. The first-order chi connectivity index (χ1) is 11.7. The van der Waals surface area contributed by atoms with Gasteiger partial charge in [0, 0.05) is 23.4 Å². The van der Waals surface area contributed by atoms with Crippen LogP contribution in [-0.4, -0.2) is 16.9 Å². The molecule has 24 heavy (non-hydrogen) atoms.